The number of carbonyl (C=O) groups excluding carboxylic acids is 1. The van der Waals surface area contributed by atoms with Crippen molar-refractivity contribution in [3.63, 3.8) is 0 Å². The summed E-state index contributed by atoms with van der Waals surface area (Å²) < 4.78 is 33.6. The quantitative estimate of drug-likeness (QED) is 0.378. The van der Waals surface area contributed by atoms with Crippen molar-refractivity contribution in [2.24, 2.45) is 0 Å². The van der Waals surface area contributed by atoms with E-state index in [1.54, 1.807) is 6.07 Å². The van der Waals surface area contributed by atoms with Gasteiger partial charge in [0.2, 0.25) is 0 Å². The third-order valence-electron chi connectivity index (χ3n) is 5.50. The van der Waals surface area contributed by atoms with Gasteiger partial charge in [0.1, 0.15) is 5.75 Å². The number of hydrogen-bond donors (Lipinski definition) is 2. The van der Waals surface area contributed by atoms with Crippen molar-refractivity contribution in [3.05, 3.63) is 102 Å². The molecule has 0 saturated carbocycles. The molecule has 0 saturated heterocycles. The second-order valence-corrected chi connectivity index (χ2v) is 9.78. The molecule has 2 N–H and O–H groups in total. The fourth-order valence-corrected chi connectivity index (χ4v) is 4.73. The smallest absolute Gasteiger partial charge is 0.261 e. The number of carbonyl (C=O) groups is 1. The maximum absolute atomic E-state index is 12.7. The molecule has 7 heteroatoms. The Morgan fingerprint density at radius 3 is 2.41 bits per heavy atom. The Hall–Kier alpha value is -3.84. The van der Waals surface area contributed by atoms with Gasteiger partial charge in [0.05, 0.1) is 10.6 Å². The highest BCUT2D eigenvalue weighted by Gasteiger charge is 2.16. The van der Waals surface area contributed by atoms with Crippen LogP contribution in [0, 0.1) is 13.8 Å². The van der Waals surface area contributed by atoms with Gasteiger partial charge in [-0.15, -0.1) is 0 Å². The summed E-state index contributed by atoms with van der Waals surface area (Å²) in [6.45, 7) is 3.98. The monoisotopic (exact) mass is 474 g/mol. The number of amides is 1. The molecule has 4 aromatic rings. The van der Waals surface area contributed by atoms with Crippen LogP contribution in [0.15, 0.2) is 89.8 Å². The van der Waals surface area contributed by atoms with E-state index >= 15 is 0 Å². The predicted molar refractivity (Wildman–Crippen MR) is 134 cm³/mol. The second-order valence-electron chi connectivity index (χ2n) is 8.10. The summed E-state index contributed by atoms with van der Waals surface area (Å²) in [6, 6.07) is 25.6. The van der Waals surface area contributed by atoms with Gasteiger partial charge in [-0.3, -0.25) is 9.52 Å². The van der Waals surface area contributed by atoms with Crippen molar-refractivity contribution in [1.29, 1.82) is 0 Å². The maximum atomic E-state index is 12.7. The third kappa shape index (κ3) is 5.55. The molecule has 0 fully saturated rings. The molecule has 0 aliphatic carbocycles. The van der Waals surface area contributed by atoms with E-state index in [1.165, 1.54) is 24.3 Å². The van der Waals surface area contributed by atoms with Crippen LogP contribution >= 0.6 is 0 Å². The van der Waals surface area contributed by atoms with Crippen LogP contribution in [0.5, 0.6) is 5.75 Å². The number of sulfonamides is 1. The zero-order valence-corrected chi connectivity index (χ0v) is 19.9. The van der Waals surface area contributed by atoms with E-state index < -0.39 is 10.0 Å². The summed E-state index contributed by atoms with van der Waals surface area (Å²) in [5.74, 6) is 0.146. The van der Waals surface area contributed by atoms with Crippen LogP contribution in [0.4, 0.5) is 5.69 Å². The molecule has 174 valence electrons. The van der Waals surface area contributed by atoms with Crippen molar-refractivity contribution in [1.82, 2.24) is 5.32 Å². The lowest BCUT2D eigenvalue weighted by molar-refractivity contribution is -0.123. The van der Waals surface area contributed by atoms with Crippen molar-refractivity contribution in [2.75, 3.05) is 11.3 Å². The van der Waals surface area contributed by atoms with Crippen LogP contribution in [0.25, 0.3) is 10.8 Å². The Labute approximate surface area is 199 Å². The molecule has 0 radical (unpaired) electrons. The topological polar surface area (TPSA) is 84.5 Å². The Bertz CT molecular complexity index is 1430. The minimum absolute atomic E-state index is 0.112. The summed E-state index contributed by atoms with van der Waals surface area (Å²) >= 11 is 0. The standard InChI is InChI=1S/C27H26N2O4S/c1-19-10-11-20(2)26(16-19)29-34(31,32)24-14-12-23(13-15-24)33-18-27(30)28-17-22-8-5-7-21-6-3-4-9-25(21)22/h3-16,29H,17-18H2,1-2H3,(H,28,30). The van der Waals surface area contributed by atoms with E-state index in [0.717, 1.165) is 27.5 Å². The first-order chi connectivity index (χ1) is 16.3. The molecular formula is C27H26N2O4S. The Morgan fingerprint density at radius 1 is 0.882 bits per heavy atom. The number of benzene rings is 4. The molecule has 34 heavy (non-hydrogen) atoms. The first kappa shape index (κ1) is 23.3. The Balaban J connectivity index is 1.33. The lowest BCUT2D eigenvalue weighted by Crippen LogP contribution is -2.28. The van der Waals surface area contributed by atoms with Crippen LogP contribution in [0.1, 0.15) is 16.7 Å². The lowest BCUT2D eigenvalue weighted by Gasteiger charge is -2.12. The molecule has 0 spiro atoms. The molecule has 4 aromatic carbocycles. The van der Waals surface area contributed by atoms with E-state index in [2.05, 4.69) is 10.0 Å². The van der Waals surface area contributed by atoms with Gasteiger partial charge in [-0.25, -0.2) is 8.42 Å². The third-order valence-corrected chi connectivity index (χ3v) is 6.88. The van der Waals surface area contributed by atoms with Crippen molar-refractivity contribution >= 4 is 32.4 Å². The summed E-state index contributed by atoms with van der Waals surface area (Å²) in [7, 11) is -3.74. The SMILES string of the molecule is Cc1ccc(C)c(NS(=O)(=O)c2ccc(OCC(=O)NCc3cccc4ccccc34)cc2)c1. The van der Waals surface area contributed by atoms with Crippen LogP contribution in [-0.2, 0) is 21.4 Å². The van der Waals surface area contributed by atoms with Gasteiger partial charge < -0.3 is 10.1 Å². The summed E-state index contributed by atoms with van der Waals surface area (Å²) in [5, 5.41) is 5.08. The number of ether oxygens (including phenoxy) is 1. The van der Waals surface area contributed by atoms with E-state index in [9.17, 15) is 13.2 Å². The van der Waals surface area contributed by atoms with Crippen molar-refractivity contribution in [2.45, 2.75) is 25.3 Å². The zero-order chi connectivity index (χ0) is 24.1. The normalized spacial score (nSPS) is 11.2. The number of hydrogen-bond acceptors (Lipinski definition) is 4. The largest absolute Gasteiger partial charge is 0.484 e. The highest BCUT2D eigenvalue weighted by atomic mass is 32.2. The molecule has 0 aliphatic heterocycles. The molecule has 0 aliphatic rings. The average Bonchev–Trinajstić information content (AvgIpc) is 2.83. The number of anilines is 1. The van der Waals surface area contributed by atoms with E-state index in [4.69, 9.17) is 4.74 Å². The fourth-order valence-electron chi connectivity index (χ4n) is 3.60. The number of fused-ring (bicyclic) bond motifs is 1. The van der Waals surface area contributed by atoms with Gasteiger partial charge in [-0.05, 0) is 71.6 Å². The summed E-state index contributed by atoms with van der Waals surface area (Å²) in [6.07, 6.45) is 0. The zero-order valence-electron chi connectivity index (χ0n) is 19.0. The van der Waals surface area contributed by atoms with Crippen molar-refractivity contribution in [3.8, 4) is 5.75 Å². The van der Waals surface area contributed by atoms with Gasteiger partial charge >= 0.3 is 0 Å². The van der Waals surface area contributed by atoms with Gasteiger partial charge in [-0.2, -0.15) is 0 Å². The minimum Gasteiger partial charge on any atom is -0.484 e. The molecular weight excluding hydrogens is 448 g/mol. The lowest BCUT2D eigenvalue weighted by atomic mass is 10.0. The van der Waals surface area contributed by atoms with E-state index in [1.807, 2.05) is 68.4 Å². The first-order valence-electron chi connectivity index (χ1n) is 10.9. The van der Waals surface area contributed by atoms with E-state index in [0.29, 0.717) is 18.0 Å². The maximum Gasteiger partial charge on any atom is 0.261 e. The minimum atomic E-state index is -3.74. The molecule has 1 amide bonds. The predicted octanol–water partition coefficient (Wildman–Crippen LogP) is 4.95. The highest BCUT2D eigenvalue weighted by Crippen LogP contribution is 2.23. The first-order valence-corrected chi connectivity index (χ1v) is 12.4. The van der Waals surface area contributed by atoms with Crippen molar-refractivity contribution < 1.29 is 17.9 Å². The molecule has 6 nitrogen and oxygen atoms in total. The van der Waals surface area contributed by atoms with Crippen LogP contribution in [0.2, 0.25) is 0 Å². The molecule has 0 aromatic heterocycles. The molecule has 0 atom stereocenters. The molecule has 4 rings (SSSR count). The van der Waals surface area contributed by atoms with Gasteiger partial charge in [0.25, 0.3) is 15.9 Å². The average molecular weight is 475 g/mol. The molecule has 0 heterocycles. The number of rotatable bonds is 8. The van der Waals surface area contributed by atoms with Crippen LogP contribution < -0.4 is 14.8 Å². The highest BCUT2D eigenvalue weighted by molar-refractivity contribution is 7.92. The fraction of sp³-hybridized carbons (Fsp3) is 0.148. The second kappa shape index (κ2) is 9.97. The number of aryl methyl sites for hydroxylation is 2. The van der Waals surface area contributed by atoms with Gasteiger partial charge in [0, 0.05) is 6.54 Å². The summed E-state index contributed by atoms with van der Waals surface area (Å²) in [4.78, 5) is 12.4. The van der Waals surface area contributed by atoms with Crippen LogP contribution in [-0.4, -0.2) is 20.9 Å². The van der Waals surface area contributed by atoms with Gasteiger partial charge in [-0.1, -0.05) is 54.6 Å². The van der Waals surface area contributed by atoms with Crippen LogP contribution in [0.3, 0.4) is 0 Å². The Kier molecular flexibility index (Phi) is 6.84. The Morgan fingerprint density at radius 2 is 1.62 bits per heavy atom. The molecule has 0 unspecified atom stereocenters. The van der Waals surface area contributed by atoms with E-state index in [-0.39, 0.29) is 17.4 Å². The molecule has 0 bridgehead atoms. The van der Waals surface area contributed by atoms with Gasteiger partial charge in [0.15, 0.2) is 6.61 Å². The number of nitrogens with one attached hydrogen (secondary N) is 2. The summed E-state index contributed by atoms with van der Waals surface area (Å²) in [5.41, 5.74) is 3.37.